The number of piperazine rings is 1. The van der Waals surface area contributed by atoms with Gasteiger partial charge in [0.25, 0.3) is 5.91 Å². The number of ether oxygens (including phenoxy) is 1. The number of carbonyl (C=O) groups is 2. The maximum atomic E-state index is 12.9. The molecule has 0 unspecified atom stereocenters. The Hall–Kier alpha value is -2.21. The van der Waals surface area contributed by atoms with E-state index in [0.717, 1.165) is 24.2 Å². The number of rotatable bonds is 2. The molecule has 2 aliphatic heterocycles. The third kappa shape index (κ3) is 4.27. The van der Waals surface area contributed by atoms with Crippen LogP contribution in [0, 0.1) is 0 Å². The first-order valence-corrected chi connectivity index (χ1v) is 10.5. The van der Waals surface area contributed by atoms with Crippen molar-refractivity contribution in [2.45, 2.75) is 38.1 Å². The molecule has 0 spiro atoms. The molecule has 7 heteroatoms. The zero-order chi connectivity index (χ0) is 19.5. The van der Waals surface area contributed by atoms with Gasteiger partial charge in [-0.05, 0) is 37.1 Å². The summed E-state index contributed by atoms with van der Waals surface area (Å²) in [6.45, 7) is 2.45. The van der Waals surface area contributed by atoms with Crippen LogP contribution in [0.4, 0.5) is 4.79 Å². The van der Waals surface area contributed by atoms with Crippen LogP contribution in [0.25, 0.3) is 6.08 Å². The molecule has 1 saturated carbocycles. The molecule has 0 radical (unpaired) electrons. The van der Waals surface area contributed by atoms with Gasteiger partial charge in [0.1, 0.15) is 12.4 Å². The van der Waals surface area contributed by atoms with Crippen molar-refractivity contribution in [1.82, 2.24) is 15.1 Å². The number of halogens is 1. The average molecular weight is 404 g/mol. The molecular formula is C21H26ClN3O3. The number of fused-ring (bicyclic) bond motifs is 1. The first-order valence-electron chi connectivity index (χ1n) is 10.1. The largest absolute Gasteiger partial charge is 0.488 e. The van der Waals surface area contributed by atoms with Crippen LogP contribution in [-0.4, -0.2) is 60.6 Å². The van der Waals surface area contributed by atoms with Gasteiger partial charge in [0, 0.05) is 42.8 Å². The average Bonchev–Trinajstić information content (AvgIpc) is 2.73. The topological polar surface area (TPSA) is 61.9 Å². The molecule has 6 nitrogen and oxygen atoms in total. The van der Waals surface area contributed by atoms with Gasteiger partial charge < -0.3 is 19.9 Å². The summed E-state index contributed by atoms with van der Waals surface area (Å²) in [6, 6.07) is 5.70. The molecule has 1 aromatic rings. The molecule has 1 aliphatic carbocycles. The first-order chi connectivity index (χ1) is 13.6. The van der Waals surface area contributed by atoms with E-state index in [1.807, 2.05) is 17.0 Å². The standard InChI is InChI=1S/C21H26ClN3O3/c22-17-6-7-19-15(13-17)12-16(14-28-19)20(26)24-8-10-25(11-9-24)21(27)23-18-4-2-1-3-5-18/h6-7,12-13,18H,1-5,8-11,14H2,(H,23,27). The van der Waals surface area contributed by atoms with Gasteiger partial charge in [-0.15, -0.1) is 0 Å². The summed E-state index contributed by atoms with van der Waals surface area (Å²) in [7, 11) is 0. The minimum absolute atomic E-state index is 0.00258. The number of hydrogen-bond donors (Lipinski definition) is 1. The lowest BCUT2D eigenvalue weighted by Crippen LogP contribution is -2.55. The summed E-state index contributed by atoms with van der Waals surface area (Å²) >= 11 is 6.04. The van der Waals surface area contributed by atoms with Gasteiger partial charge >= 0.3 is 6.03 Å². The number of urea groups is 1. The fourth-order valence-electron chi connectivity index (χ4n) is 4.10. The van der Waals surface area contributed by atoms with Crippen LogP contribution in [-0.2, 0) is 4.79 Å². The van der Waals surface area contributed by atoms with Crippen molar-refractivity contribution in [3.8, 4) is 5.75 Å². The van der Waals surface area contributed by atoms with Crippen LogP contribution in [0.15, 0.2) is 23.8 Å². The van der Waals surface area contributed by atoms with Crippen LogP contribution in [0.1, 0.15) is 37.7 Å². The Morgan fingerprint density at radius 1 is 1.04 bits per heavy atom. The van der Waals surface area contributed by atoms with Crippen molar-refractivity contribution in [3.05, 3.63) is 34.4 Å². The van der Waals surface area contributed by atoms with Crippen LogP contribution in [0.3, 0.4) is 0 Å². The number of nitrogens with zero attached hydrogens (tertiary/aromatic N) is 2. The Bertz CT molecular complexity index is 781. The van der Waals surface area contributed by atoms with E-state index >= 15 is 0 Å². The summed E-state index contributed by atoms with van der Waals surface area (Å²) in [5, 5.41) is 3.77. The smallest absolute Gasteiger partial charge is 0.317 e. The van der Waals surface area contributed by atoms with Gasteiger partial charge in [0.15, 0.2) is 0 Å². The van der Waals surface area contributed by atoms with Crippen LogP contribution >= 0.6 is 11.6 Å². The summed E-state index contributed by atoms with van der Waals surface area (Å²) in [4.78, 5) is 29.0. The Morgan fingerprint density at radius 2 is 1.75 bits per heavy atom. The van der Waals surface area contributed by atoms with E-state index in [2.05, 4.69) is 5.32 Å². The first kappa shape index (κ1) is 19.1. The Balaban J connectivity index is 1.32. The predicted molar refractivity (Wildman–Crippen MR) is 108 cm³/mol. The molecule has 4 rings (SSSR count). The summed E-state index contributed by atoms with van der Waals surface area (Å²) in [5.41, 5.74) is 1.45. The summed E-state index contributed by atoms with van der Waals surface area (Å²) in [6.07, 6.45) is 7.66. The van der Waals surface area contributed by atoms with Gasteiger partial charge in [-0.25, -0.2) is 4.79 Å². The summed E-state index contributed by atoms with van der Waals surface area (Å²) < 4.78 is 5.70. The van der Waals surface area contributed by atoms with E-state index < -0.39 is 0 Å². The molecule has 1 aromatic carbocycles. The van der Waals surface area contributed by atoms with Gasteiger partial charge in [-0.2, -0.15) is 0 Å². The van der Waals surface area contributed by atoms with Gasteiger partial charge in [-0.3, -0.25) is 4.79 Å². The fourth-order valence-corrected chi connectivity index (χ4v) is 4.28. The maximum Gasteiger partial charge on any atom is 0.317 e. The molecule has 2 fully saturated rings. The number of hydrogen-bond acceptors (Lipinski definition) is 3. The molecular weight excluding hydrogens is 378 g/mol. The molecule has 0 aromatic heterocycles. The SMILES string of the molecule is O=C(NC1CCCCC1)N1CCN(C(=O)C2=Cc3cc(Cl)ccc3OC2)CC1. The van der Waals surface area contributed by atoms with Crippen LogP contribution in [0.5, 0.6) is 5.75 Å². The van der Waals surface area contributed by atoms with Crippen molar-refractivity contribution >= 4 is 29.6 Å². The van der Waals surface area contributed by atoms with E-state index in [4.69, 9.17) is 16.3 Å². The molecule has 0 atom stereocenters. The molecule has 1 saturated heterocycles. The second kappa shape index (κ2) is 8.43. The van der Waals surface area contributed by atoms with Crippen LogP contribution < -0.4 is 10.1 Å². The molecule has 28 heavy (non-hydrogen) atoms. The van der Waals surface area contributed by atoms with E-state index in [0.29, 0.717) is 42.8 Å². The maximum absolute atomic E-state index is 12.9. The molecule has 1 N–H and O–H groups in total. The Kier molecular flexibility index (Phi) is 5.76. The third-order valence-electron chi connectivity index (χ3n) is 5.75. The van der Waals surface area contributed by atoms with Crippen molar-refractivity contribution in [3.63, 3.8) is 0 Å². The number of carbonyl (C=O) groups excluding carboxylic acids is 2. The van der Waals surface area contributed by atoms with Gasteiger partial charge in [0.05, 0.1) is 5.57 Å². The molecule has 3 amide bonds. The van der Waals surface area contributed by atoms with Gasteiger partial charge in [-0.1, -0.05) is 30.9 Å². The molecule has 150 valence electrons. The lowest BCUT2D eigenvalue weighted by Gasteiger charge is -2.36. The Morgan fingerprint density at radius 3 is 2.50 bits per heavy atom. The normalized spacial score (nSPS) is 20.1. The lowest BCUT2D eigenvalue weighted by molar-refractivity contribution is -0.128. The van der Waals surface area contributed by atoms with Crippen molar-refractivity contribution in [1.29, 1.82) is 0 Å². The second-order valence-electron chi connectivity index (χ2n) is 7.70. The molecule has 0 bridgehead atoms. The fraction of sp³-hybridized carbons (Fsp3) is 0.524. The lowest BCUT2D eigenvalue weighted by atomic mass is 9.96. The quantitative estimate of drug-likeness (QED) is 0.824. The highest BCUT2D eigenvalue weighted by molar-refractivity contribution is 6.30. The summed E-state index contributed by atoms with van der Waals surface area (Å²) in [5.74, 6) is 0.711. The highest BCUT2D eigenvalue weighted by atomic mass is 35.5. The highest BCUT2D eigenvalue weighted by Crippen LogP contribution is 2.29. The van der Waals surface area contributed by atoms with Crippen molar-refractivity contribution in [2.75, 3.05) is 32.8 Å². The van der Waals surface area contributed by atoms with Crippen molar-refractivity contribution in [2.24, 2.45) is 0 Å². The van der Waals surface area contributed by atoms with E-state index in [-0.39, 0.29) is 18.5 Å². The van der Waals surface area contributed by atoms with E-state index in [1.54, 1.807) is 17.0 Å². The zero-order valence-electron chi connectivity index (χ0n) is 16.0. The van der Waals surface area contributed by atoms with Gasteiger partial charge in [0.2, 0.25) is 0 Å². The minimum atomic E-state index is -0.0297. The van der Waals surface area contributed by atoms with E-state index in [9.17, 15) is 9.59 Å². The second-order valence-corrected chi connectivity index (χ2v) is 8.14. The predicted octanol–water partition coefficient (Wildman–Crippen LogP) is 3.30. The number of benzene rings is 1. The molecule has 2 heterocycles. The third-order valence-corrected chi connectivity index (χ3v) is 5.98. The number of amides is 3. The Labute approximate surface area is 170 Å². The van der Waals surface area contributed by atoms with Crippen LogP contribution in [0.2, 0.25) is 5.02 Å². The monoisotopic (exact) mass is 403 g/mol. The molecule has 3 aliphatic rings. The highest BCUT2D eigenvalue weighted by Gasteiger charge is 2.28. The number of nitrogens with one attached hydrogen (secondary N) is 1. The van der Waals surface area contributed by atoms with Crippen molar-refractivity contribution < 1.29 is 14.3 Å². The minimum Gasteiger partial charge on any atom is -0.488 e. The van der Waals surface area contributed by atoms with E-state index in [1.165, 1.54) is 19.3 Å². The zero-order valence-corrected chi connectivity index (χ0v) is 16.7.